The van der Waals surface area contributed by atoms with Crippen LogP contribution in [0.15, 0.2) is 165 Å². The summed E-state index contributed by atoms with van der Waals surface area (Å²) in [7, 11) is -10.1. The maximum absolute atomic E-state index is 13.3. The van der Waals surface area contributed by atoms with Crippen LogP contribution in [0.5, 0.6) is 0 Å². The SMILES string of the molecule is C=C1O[C@H]([C@@H](O)COP(=O)([O-])OC2CC(C)(C)C(/C=C/C(C)=C/C=C/C(C)=C/C=C/C=C(C)/C=C/C=C(C)/C=C/C3=C(C)C(=O)C(OP(=O)(O)OC[C@H]([O-])[C@H]4OC(=O)C(O)=C4O)CC3(C)C)=C(C)C2=O)C(O)=C1O. The van der Waals surface area contributed by atoms with Crippen LogP contribution in [-0.4, -0.2) is 97.8 Å². The summed E-state index contributed by atoms with van der Waals surface area (Å²) in [6.45, 7) is 19.7. The number of hydrogen-bond donors (Lipinski definition) is 6. The number of hydrogen-bond acceptors (Lipinski definition) is 18. The summed E-state index contributed by atoms with van der Waals surface area (Å²) >= 11 is 0. The van der Waals surface area contributed by atoms with E-state index in [-0.39, 0.29) is 18.6 Å². The first-order chi connectivity index (χ1) is 34.3. The number of phosphoric ester groups is 2. The zero-order valence-electron chi connectivity index (χ0n) is 43.0. The number of allylic oxidation sites excluding steroid dienone is 20. The number of rotatable bonds is 22. The Kier molecular flexibility index (Phi) is 20.7. The van der Waals surface area contributed by atoms with Crippen molar-refractivity contribution < 1.29 is 91.5 Å². The van der Waals surface area contributed by atoms with Gasteiger partial charge in [-0.1, -0.05) is 148 Å². The van der Waals surface area contributed by atoms with Gasteiger partial charge in [-0.3, -0.25) is 23.2 Å². The van der Waals surface area contributed by atoms with Gasteiger partial charge in [-0.05, 0) is 87.5 Å². The molecule has 0 saturated heterocycles. The molecule has 0 aromatic carbocycles. The molecular weight excluding hydrogens is 1000 g/mol. The van der Waals surface area contributed by atoms with Gasteiger partial charge in [0.2, 0.25) is 5.76 Å². The van der Waals surface area contributed by atoms with Crippen molar-refractivity contribution in [3.8, 4) is 0 Å². The number of aliphatic hydroxyl groups excluding tert-OH is 5. The molecule has 21 heteroatoms. The van der Waals surface area contributed by atoms with Gasteiger partial charge in [0.05, 0.1) is 13.2 Å². The van der Waals surface area contributed by atoms with E-state index in [2.05, 4.69) is 11.3 Å². The molecule has 404 valence electrons. The summed E-state index contributed by atoms with van der Waals surface area (Å²) < 4.78 is 54.9. The van der Waals surface area contributed by atoms with Crippen LogP contribution in [0.25, 0.3) is 0 Å². The van der Waals surface area contributed by atoms with Crippen LogP contribution in [0.1, 0.15) is 82.1 Å². The highest BCUT2D eigenvalue weighted by atomic mass is 31.2. The van der Waals surface area contributed by atoms with Crippen molar-refractivity contribution in [2.75, 3.05) is 13.2 Å². The molecular formula is C53H66O19P2-2. The molecule has 19 nitrogen and oxygen atoms in total. The number of carbonyl (C=O) groups excluding carboxylic acids is 3. The number of cyclic esters (lactones) is 1. The largest absolute Gasteiger partial charge is 0.847 e. The van der Waals surface area contributed by atoms with Crippen molar-refractivity contribution in [2.45, 2.75) is 119 Å². The van der Waals surface area contributed by atoms with E-state index >= 15 is 0 Å². The Morgan fingerprint density at radius 2 is 1.12 bits per heavy atom. The highest BCUT2D eigenvalue weighted by molar-refractivity contribution is 7.47. The second-order valence-corrected chi connectivity index (χ2v) is 22.2. The lowest BCUT2D eigenvalue weighted by Gasteiger charge is -2.38. The van der Waals surface area contributed by atoms with Gasteiger partial charge >= 0.3 is 13.8 Å². The average molecular weight is 1070 g/mol. The molecule has 2 aliphatic carbocycles. The highest BCUT2D eigenvalue weighted by Gasteiger charge is 2.44. The third kappa shape index (κ3) is 16.4. The molecule has 2 aliphatic heterocycles. The molecule has 8 atom stereocenters. The van der Waals surface area contributed by atoms with Crippen LogP contribution in [0.3, 0.4) is 0 Å². The highest BCUT2D eigenvalue weighted by Crippen LogP contribution is 2.51. The van der Waals surface area contributed by atoms with Crippen LogP contribution in [0, 0.1) is 10.8 Å². The summed E-state index contributed by atoms with van der Waals surface area (Å²) in [6.07, 6.45) is 16.7. The molecule has 0 bridgehead atoms. The molecule has 6 N–H and O–H groups in total. The normalized spacial score (nSPS) is 26.2. The summed E-state index contributed by atoms with van der Waals surface area (Å²) in [5.74, 6) is -6.24. The molecule has 0 amide bonds. The second kappa shape index (κ2) is 25.2. The summed E-state index contributed by atoms with van der Waals surface area (Å²) in [5, 5.41) is 61.3. The monoisotopic (exact) mass is 1070 g/mol. The van der Waals surface area contributed by atoms with E-state index in [1.54, 1.807) is 13.8 Å². The molecule has 0 aromatic heterocycles. The predicted molar refractivity (Wildman–Crippen MR) is 270 cm³/mol. The molecule has 0 aromatic rings. The lowest BCUT2D eigenvalue weighted by molar-refractivity contribution is -0.438. The quantitative estimate of drug-likeness (QED) is 0.0338. The van der Waals surface area contributed by atoms with E-state index in [1.807, 2.05) is 140 Å². The van der Waals surface area contributed by atoms with Gasteiger partial charge in [0.25, 0.3) is 7.82 Å². The zero-order chi connectivity index (χ0) is 55.7. The minimum atomic E-state index is -5.12. The Bertz CT molecular complexity index is 2560. The van der Waals surface area contributed by atoms with Gasteiger partial charge in [0, 0.05) is 0 Å². The number of aliphatic hydroxyl groups is 5. The van der Waals surface area contributed by atoms with Crippen molar-refractivity contribution in [3.05, 3.63) is 165 Å². The van der Waals surface area contributed by atoms with Crippen molar-refractivity contribution in [1.29, 1.82) is 0 Å². The lowest BCUT2D eigenvalue weighted by atomic mass is 9.71. The van der Waals surface area contributed by atoms with Crippen molar-refractivity contribution in [2.24, 2.45) is 10.8 Å². The summed E-state index contributed by atoms with van der Waals surface area (Å²) in [6, 6.07) is 0. The Balaban J connectivity index is 1.26. The number of carbonyl (C=O) groups is 3. The van der Waals surface area contributed by atoms with E-state index in [9.17, 15) is 63.9 Å². The fourth-order valence-electron chi connectivity index (χ4n) is 8.15. The second-order valence-electron chi connectivity index (χ2n) is 19.5. The molecule has 74 heavy (non-hydrogen) atoms. The first kappa shape index (κ1) is 60.9. The topological polar surface area (TPSA) is 308 Å². The number of esters is 1. The first-order valence-corrected chi connectivity index (χ1v) is 26.3. The number of phosphoric acid groups is 2. The van der Waals surface area contributed by atoms with Gasteiger partial charge in [-0.2, -0.15) is 0 Å². The maximum Gasteiger partial charge on any atom is 0.472 e. The third-order valence-electron chi connectivity index (χ3n) is 12.3. The molecule has 4 rings (SSSR count). The van der Waals surface area contributed by atoms with E-state index in [1.165, 1.54) is 0 Å². The Morgan fingerprint density at radius 1 is 0.689 bits per heavy atom. The van der Waals surface area contributed by atoms with Gasteiger partial charge in [0.1, 0.15) is 18.3 Å². The Morgan fingerprint density at radius 3 is 1.55 bits per heavy atom. The zero-order valence-corrected chi connectivity index (χ0v) is 44.8. The molecule has 0 fully saturated rings. The van der Waals surface area contributed by atoms with Gasteiger partial charge in [0.15, 0.2) is 46.8 Å². The van der Waals surface area contributed by atoms with E-state index in [0.717, 1.165) is 22.3 Å². The standard InChI is InChI=1S/C53H67O19P2/c1-30(18-14-20-32(3)22-24-37-34(5)43(56)41(26-52(37,8)9)71-73(63,64)67-28-39(54)49-46(59)45(58)36(7)69-49)16-12-13-17-31(2)19-15-21-33(4)23-25-38-35(6)44(57)42(27-53(38,10)11)72-74(65,66)68-29-40(55)50-47(60)48(61)51(62)70-50/h12-25,39-42,49-50,54,58-61H,7,26-29H2,1-6,8-11H3,(H,63,64)(H,65,66)/q-1/p-1/b13-12+,18-14+,19-15+,24-22+,25-23+,30-16+,31-17+,32-20+,33-21+/t39-,40-,41?,42?,49+,50+/m0/s1. The smallest absolute Gasteiger partial charge is 0.472 e. The van der Waals surface area contributed by atoms with E-state index in [0.29, 0.717) is 22.3 Å². The predicted octanol–water partition coefficient (Wildman–Crippen LogP) is 8.14. The fraction of sp³-hybridized carbons (Fsp3) is 0.415. The number of ether oxygens (including phenoxy) is 2. The van der Waals surface area contributed by atoms with Crippen LogP contribution < -0.4 is 10.00 Å². The molecule has 0 spiro atoms. The van der Waals surface area contributed by atoms with Gasteiger partial charge in [-0.15, -0.1) is 0 Å². The Labute approximate surface area is 431 Å². The minimum absolute atomic E-state index is 0.0179. The molecule has 4 unspecified atom stereocenters. The van der Waals surface area contributed by atoms with Crippen molar-refractivity contribution >= 4 is 33.2 Å². The molecule has 0 radical (unpaired) electrons. The number of ketones is 2. The third-order valence-corrected chi connectivity index (χ3v) is 14.2. The van der Waals surface area contributed by atoms with Crippen molar-refractivity contribution in [1.82, 2.24) is 0 Å². The van der Waals surface area contributed by atoms with Crippen LogP contribution >= 0.6 is 15.6 Å². The molecule has 0 saturated carbocycles. The van der Waals surface area contributed by atoms with Crippen LogP contribution in [0.4, 0.5) is 0 Å². The maximum atomic E-state index is 13.3. The van der Waals surface area contributed by atoms with Crippen LogP contribution in [-0.2, 0) is 51.1 Å². The van der Waals surface area contributed by atoms with Gasteiger partial charge < -0.3 is 58.9 Å². The Hall–Kier alpha value is -5.69. The fourth-order valence-corrected chi connectivity index (χ4v) is 9.91. The number of Topliss-reactive ketones (excluding diaryl/α,β-unsaturated/α-hetero) is 2. The first-order valence-electron chi connectivity index (χ1n) is 23.3. The summed E-state index contributed by atoms with van der Waals surface area (Å²) in [4.78, 5) is 61.0. The summed E-state index contributed by atoms with van der Waals surface area (Å²) in [5.41, 5.74) is 4.41. The molecule has 2 heterocycles. The average Bonchev–Trinajstić information content (AvgIpc) is 3.72. The van der Waals surface area contributed by atoms with Gasteiger partial charge in [-0.25, -0.2) is 9.36 Å². The van der Waals surface area contributed by atoms with Crippen molar-refractivity contribution in [3.63, 3.8) is 0 Å². The lowest BCUT2D eigenvalue weighted by Crippen LogP contribution is -2.43. The molecule has 4 aliphatic rings. The van der Waals surface area contributed by atoms with E-state index in [4.69, 9.17) is 22.8 Å². The van der Waals surface area contributed by atoms with E-state index < -0.39 is 117 Å². The van der Waals surface area contributed by atoms with Crippen LogP contribution in [0.2, 0.25) is 0 Å². The minimum Gasteiger partial charge on any atom is -0.847 e.